The van der Waals surface area contributed by atoms with Crippen LogP contribution in [-0.2, 0) is 9.53 Å². The van der Waals surface area contributed by atoms with E-state index in [9.17, 15) is 19.7 Å². The fraction of sp³-hybridized carbons (Fsp3) is 0.500. The van der Waals surface area contributed by atoms with Crippen LogP contribution in [0.25, 0.3) is 0 Å². The number of unbranched alkanes of at least 4 members (excludes halogenated alkanes) is 1. The van der Waals surface area contributed by atoms with Crippen LogP contribution in [0.1, 0.15) is 47.0 Å². The number of ether oxygens (including phenoxy) is 2. The highest BCUT2D eigenvalue weighted by atomic mass is 16.6. The second-order valence-corrected chi connectivity index (χ2v) is 6.14. The van der Waals surface area contributed by atoms with Crippen LogP contribution >= 0.6 is 0 Å². The monoisotopic (exact) mass is 338 g/mol. The molecule has 0 saturated carbocycles. The van der Waals surface area contributed by atoms with E-state index in [1.165, 1.54) is 12.1 Å². The number of anilines is 1. The molecule has 0 radical (unpaired) electrons. The van der Waals surface area contributed by atoms with Gasteiger partial charge in [0, 0.05) is 18.6 Å². The lowest BCUT2D eigenvalue weighted by Crippen LogP contribution is -2.27. The van der Waals surface area contributed by atoms with Gasteiger partial charge in [-0.15, -0.1) is 0 Å². The number of carbonyl (C=O) groups excluding carboxylic acids is 2. The van der Waals surface area contributed by atoms with Gasteiger partial charge >= 0.3 is 12.1 Å². The Balaban J connectivity index is 2.99. The van der Waals surface area contributed by atoms with Crippen molar-refractivity contribution in [3.05, 3.63) is 28.3 Å². The Morgan fingerprint density at radius 2 is 1.96 bits per heavy atom. The molecule has 8 heteroatoms. The normalized spacial score (nSPS) is 10.8. The molecule has 1 aromatic carbocycles. The average Bonchev–Trinajstić information content (AvgIpc) is 2.44. The van der Waals surface area contributed by atoms with Gasteiger partial charge in [-0.25, -0.2) is 4.79 Å². The highest BCUT2D eigenvalue weighted by Crippen LogP contribution is 2.30. The van der Waals surface area contributed by atoms with E-state index in [1.807, 2.05) is 6.92 Å². The maximum atomic E-state index is 11.9. The van der Waals surface area contributed by atoms with E-state index < -0.39 is 22.6 Å². The van der Waals surface area contributed by atoms with Crippen LogP contribution in [0.5, 0.6) is 5.75 Å². The molecule has 0 atom stereocenters. The molecule has 132 valence electrons. The number of amides is 1. The Morgan fingerprint density at radius 3 is 2.50 bits per heavy atom. The quantitative estimate of drug-likeness (QED) is 0.363. The molecule has 0 saturated heterocycles. The van der Waals surface area contributed by atoms with E-state index in [4.69, 9.17) is 9.47 Å². The Kier molecular flexibility index (Phi) is 6.69. The van der Waals surface area contributed by atoms with Gasteiger partial charge in [-0.1, -0.05) is 13.3 Å². The van der Waals surface area contributed by atoms with E-state index >= 15 is 0 Å². The van der Waals surface area contributed by atoms with E-state index in [1.54, 1.807) is 20.8 Å². The first kappa shape index (κ1) is 19.4. The maximum Gasteiger partial charge on any atom is 0.412 e. The van der Waals surface area contributed by atoms with Crippen molar-refractivity contribution in [2.75, 3.05) is 5.32 Å². The maximum absolute atomic E-state index is 11.9. The zero-order valence-corrected chi connectivity index (χ0v) is 14.3. The Hall–Kier alpha value is -2.64. The van der Waals surface area contributed by atoms with Crippen molar-refractivity contribution in [3.63, 3.8) is 0 Å². The predicted molar refractivity (Wildman–Crippen MR) is 88.1 cm³/mol. The fourth-order valence-electron chi connectivity index (χ4n) is 1.73. The standard InChI is InChI=1S/C16H22N2O6/c1-5-6-7-14(19)23-13-9-8-11(18(21)22)10-12(13)17-15(20)24-16(2,3)4/h8-10H,5-7H2,1-4H3,(H,17,20). The summed E-state index contributed by atoms with van der Waals surface area (Å²) >= 11 is 0. The van der Waals surface area contributed by atoms with Gasteiger partial charge < -0.3 is 9.47 Å². The third kappa shape index (κ3) is 6.64. The minimum absolute atomic E-state index is 0.00305. The van der Waals surface area contributed by atoms with E-state index in [-0.39, 0.29) is 23.5 Å². The number of rotatable bonds is 6. The molecule has 0 aliphatic carbocycles. The van der Waals surface area contributed by atoms with E-state index in [0.717, 1.165) is 12.5 Å². The molecule has 0 aliphatic heterocycles. The summed E-state index contributed by atoms with van der Waals surface area (Å²) in [5.74, 6) is -0.439. The van der Waals surface area contributed by atoms with Crippen LogP contribution in [0, 0.1) is 10.1 Å². The number of nitro benzene ring substituents is 1. The zero-order chi connectivity index (χ0) is 18.3. The summed E-state index contributed by atoms with van der Waals surface area (Å²) in [5, 5.41) is 13.3. The predicted octanol–water partition coefficient (Wildman–Crippen LogP) is 4.04. The third-order valence-electron chi connectivity index (χ3n) is 2.77. The summed E-state index contributed by atoms with van der Waals surface area (Å²) in [5.41, 5.74) is -0.972. The highest BCUT2D eigenvalue weighted by molar-refractivity contribution is 5.88. The van der Waals surface area contributed by atoms with Gasteiger partial charge in [0.2, 0.25) is 0 Å². The molecule has 24 heavy (non-hydrogen) atoms. The Bertz CT molecular complexity index is 621. The van der Waals surface area contributed by atoms with Crippen molar-refractivity contribution < 1.29 is 24.0 Å². The third-order valence-corrected chi connectivity index (χ3v) is 2.77. The van der Waals surface area contributed by atoms with Gasteiger partial charge in [0.05, 0.1) is 10.6 Å². The molecule has 0 unspecified atom stereocenters. The first-order chi connectivity index (χ1) is 11.1. The van der Waals surface area contributed by atoms with Crippen molar-refractivity contribution in [1.29, 1.82) is 0 Å². The molecule has 0 aromatic heterocycles. The second-order valence-electron chi connectivity index (χ2n) is 6.14. The van der Waals surface area contributed by atoms with Gasteiger partial charge in [0.1, 0.15) is 5.60 Å². The average molecular weight is 338 g/mol. The number of carbonyl (C=O) groups is 2. The lowest BCUT2D eigenvalue weighted by molar-refractivity contribution is -0.384. The number of nitro groups is 1. The number of esters is 1. The fourth-order valence-corrected chi connectivity index (χ4v) is 1.73. The SMILES string of the molecule is CCCCC(=O)Oc1ccc([N+](=O)[O-])cc1NC(=O)OC(C)(C)C. The number of hydrogen-bond donors (Lipinski definition) is 1. The second kappa shape index (κ2) is 8.28. The van der Waals surface area contributed by atoms with Gasteiger partial charge in [-0.2, -0.15) is 0 Å². The van der Waals surface area contributed by atoms with Crippen LogP contribution in [0.2, 0.25) is 0 Å². The molecule has 1 amide bonds. The lowest BCUT2D eigenvalue weighted by Gasteiger charge is -2.20. The van der Waals surface area contributed by atoms with E-state index in [0.29, 0.717) is 6.42 Å². The first-order valence-electron chi connectivity index (χ1n) is 7.61. The molecule has 8 nitrogen and oxygen atoms in total. The van der Waals surface area contributed by atoms with Crippen LogP contribution in [0.4, 0.5) is 16.2 Å². The molecule has 1 rings (SSSR count). The zero-order valence-electron chi connectivity index (χ0n) is 14.3. The Morgan fingerprint density at radius 1 is 1.29 bits per heavy atom. The van der Waals surface area contributed by atoms with Gasteiger partial charge in [-0.3, -0.25) is 20.2 Å². The molecule has 0 heterocycles. The summed E-state index contributed by atoms with van der Waals surface area (Å²) in [6.45, 7) is 7.00. The largest absolute Gasteiger partial charge is 0.444 e. The molecule has 0 fully saturated rings. The van der Waals surface area contributed by atoms with Crippen LogP contribution in [0.3, 0.4) is 0 Å². The van der Waals surface area contributed by atoms with Crippen LogP contribution < -0.4 is 10.1 Å². The van der Waals surface area contributed by atoms with Gasteiger partial charge in [0.15, 0.2) is 5.75 Å². The van der Waals surface area contributed by atoms with Crippen molar-refractivity contribution in [3.8, 4) is 5.75 Å². The summed E-state index contributed by atoms with van der Waals surface area (Å²) in [4.78, 5) is 33.9. The lowest BCUT2D eigenvalue weighted by atomic mass is 10.2. The number of nitrogens with zero attached hydrogens (tertiary/aromatic N) is 1. The topological polar surface area (TPSA) is 108 Å². The van der Waals surface area contributed by atoms with Crippen LogP contribution in [-0.4, -0.2) is 22.6 Å². The molecule has 0 aliphatic rings. The van der Waals surface area contributed by atoms with Gasteiger partial charge in [-0.05, 0) is 33.3 Å². The summed E-state index contributed by atoms with van der Waals surface area (Å²) in [6, 6.07) is 3.59. The van der Waals surface area contributed by atoms with Crippen LogP contribution in [0.15, 0.2) is 18.2 Å². The molecular weight excluding hydrogens is 316 g/mol. The van der Waals surface area contributed by atoms with E-state index in [2.05, 4.69) is 5.32 Å². The number of nitrogens with one attached hydrogen (secondary N) is 1. The molecule has 0 bridgehead atoms. The van der Waals surface area contributed by atoms with Crippen molar-refractivity contribution >= 4 is 23.4 Å². The molecule has 0 spiro atoms. The number of benzene rings is 1. The summed E-state index contributed by atoms with van der Waals surface area (Å²) in [7, 11) is 0. The Labute approximate surface area is 140 Å². The van der Waals surface area contributed by atoms with Gasteiger partial charge in [0.25, 0.3) is 5.69 Å². The minimum Gasteiger partial charge on any atom is -0.444 e. The van der Waals surface area contributed by atoms with Crippen molar-refractivity contribution in [1.82, 2.24) is 0 Å². The summed E-state index contributed by atoms with van der Waals surface area (Å²) in [6.07, 6.45) is 0.923. The minimum atomic E-state index is -0.797. The molecule has 1 aromatic rings. The smallest absolute Gasteiger partial charge is 0.412 e. The van der Waals surface area contributed by atoms with Crippen molar-refractivity contribution in [2.24, 2.45) is 0 Å². The van der Waals surface area contributed by atoms with Crippen molar-refractivity contribution in [2.45, 2.75) is 52.6 Å². The first-order valence-corrected chi connectivity index (χ1v) is 7.61. The molecule has 1 N–H and O–H groups in total. The highest BCUT2D eigenvalue weighted by Gasteiger charge is 2.20. The number of non-ortho nitro benzene ring substituents is 1. The summed E-state index contributed by atoms with van der Waals surface area (Å²) < 4.78 is 10.3. The molecular formula is C16H22N2O6. The number of hydrogen-bond acceptors (Lipinski definition) is 6.